The largest absolute Gasteiger partial charge is 0.391 e. The summed E-state index contributed by atoms with van der Waals surface area (Å²) in [5.74, 6) is 2.98. The van der Waals surface area contributed by atoms with Gasteiger partial charge in [0.05, 0.1) is 6.10 Å². The molecule has 1 fully saturated rings. The fourth-order valence-electron chi connectivity index (χ4n) is 3.08. The van der Waals surface area contributed by atoms with E-state index in [1.165, 1.54) is 12.8 Å². The zero-order valence-electron chi connectivity index (χ0n) is 13.0. The van der Waals surface area contributed by atoms with Crippen molar-refractivity contribution in [2.45, 2.75) is 59.1 Å². The molecule has 0 aromatic carbocycles. The Labute approximate surface area is 123 Å². The Balaban J connectivity index is 2.28. The van der Waals surface area contributed by atoms with Gasteiger partial charge < -0.3 is 10.4 Å². The van der Waals surface area contributed by atoms with Gasteiger partial charge in [0, 0.05) is 18.3 Å². The molecule has 4 heteroatoms. The van der Waals surface area contributed by atoms with Gasteiger partial charge >= 0.3 is 0 Å². The average molecular weight is 289 g/mol. The van der Waals surface area contributed by atoms with E-state index in [0.29, 0.717) is 17.8 Å². The number of rotatable bonds is 8. The second-order valence-electron chi connectivity index (χ2n) is 5.93. The molecule has 0 heterocycles. The summed E-state index contributed by atoms with van der Waals surface area (Å²) in [5, 5.41) is 13.7. The molecule has 0 saturated heterocycles. The van der Waals surface area contributed by atoms with E-state index in [1.54, 1.807) is 11.9 Å². The third-order valence-electron chi connectivity index (χ3n) is 4.65. The summed E-state index contributed by atoms with van der Waals surface area (Å²) in [4.78, 5) is 0. The highest BCUT2D eigenvalue weighted by Crippen LogP contribution is 2.37. The molecular formula is C15H32N2OS. The first-order chi connectivity index (χ1) is 9.11. The fourth-order valence-corrected chi connectivity index (χ4v) is 4.01. The van der Waals surface area contributed by atoms with Crippen LogP contribution in [0, 0.1) is 17.8 Å². The average Bonchev–Trinajstić information content (AvgIpc) is 2.41. The smallest absolute Gasteiger partial charge is 0.0707 e. The zero-order valence-corrected chi connectivity index (χ0v) is 13.8. The molecule has 0 spiro atoms. The lowest BCUT2D eigenvalue weighted by Crippen LogP contribution is -2.50. The highest BCUT2D eigenvalue weighted by atomic mass is 32.2. The van der Waals surface area contributed by atoms with E-state index in [-0.39, 0.29) is 12.1 Å². The lowest BCUT2D eigenvalue weighted by Gasteiger charge is -2.43. The van der Waals surface area contributed by atoms with Crippen LogP contribution in [0.1, 0.15) is 47.0 Å². The van der Waals surface area contributed by atoms with E-state index in [0.717, 1.165) is 25.3 Å². The summed E-state index contributed by atoms with van der Waals surface area (Å²) in [6, 6.07) is 0.244. The second kappa shape index (κ2) is 9.22. The van der Waals surface area contributed by atoms with Crippen LogP contribution < -0.4 is 10.0 Å². The summed E-state index contributed by atoms with van der Waals surface area (Å²) >= 11 is 1.76. The van der Waals surface area contributed by atoms with E-state index < -0.39 is 0 Å². The maximum Gasteiger partial charge on any atom is 0.0707 e. The molecule has 0 aromatic rings. The fraction of sp³-hybridized carbons (Fsp3) is 1.00. The minimum atomic E-state index is -0.188. The van der Waals surface area contributed by atoms with Crippen molar-refractivity contribution in [3.05, 3.63) is 0 Å². The Morgan fingerprint density at radius 1 is 1.16 bits per heavy atom. The van der Waals surface area contributed by atoms with E-state index >= 15 is 0 Å². The van der Waals surface area contributed by atoms with Crippen LogP contribution in [-0.4, -0.2) is 36.1 Å². The van der Waals surface area contributed by atoms with Gasteiger partial charge in [0.25, 0.3) is 0 Å². The molecule has 1 rings (SSSR count). The minimum Gasteiger partial charge on any atom is -0.391 e. The number of aliphatic hydroxyl groups excluding tert-OH is 1. The third kappa shape index (κ3) is 5.25. The summed E-state index contributed by atoms with van der Waals surface area (Å²) in [5.41, 5.74) is 0. The number of nitrogens with one attached hydrogen (secondary N) is 2. The van der Waals surface area contributed by atoms with Crippen LogP contribution in [0.15, 0.2) is 0 Å². The number of hydrogen-bond donors (Lipinski definition) is 3. The van der Waals surface area contributed by atoms with Crippen molar-refractivity contribution in [3.63, 3.8) is 0 Å². The van der Waals surface area contributed by atoms with Gasteiger partial charge in [0.1, 0.15) is 0 Å². The summed E-state index contributed by atoms with van der Waals surface area (Å²) in [7, 11) is 0. The van der Waals surface area contributed by atoms with Crippen LogP contribution >= 0.6 is 11.9 Å². The maximum absolute atomic E-state index is 10.3. The Morgan fingerprint density at radius 3 is 2.53 bits per heavy atom. The van der Waals surface area contributed by atoms with Gasteiger partial charge in [-0.1, -0.05) is 46.1 Å². The van der Waals surface area contributed by atoms with E-state index in [1.807, 2.05) is 0 Å². The molecule has 5 unspecified atom stereocenters. The Morgan fingerprint density at radius 2 is 1.89 bits per heavy atom. The zero-order chi connectivity index (χ0) is 14.3. The Kier molecular flexibility index (Phi) is 8.38. The van der Waals surface area contributed by atoms with Crippen molar-refractivity contribution < 1.29 is 5.11 Å². The topological polar surface area (TPSA) is 44.3 Å². The van der Waals surface area contributed by atoms with Crippen LogP contribution in [0.5, 0.6) is 0 Å². The van der Waals surface area contributed by atoms with Gasteiger partial charge in [-0.25, -0.2) is 0 Å². The standard InChI is InChI=1S/C15H32N2OS/c1-5-7-16-8-9-19-17-15-12(4)11(3)13(6-2)10-14(15)18/h11-18H,5-10H2,1-4H3. The highest BCUT2D eigenvalue weighted by Gasteiger charge is 2.38. The molecule has 1 saturated carbocycles. The highest BCUT2D eigenvalue weighted by molar-refractivity contribution is 7.97. The molecule has 1 aliphatic carbocycles. The lowest BCUT2D eigenvalue weighted by molar-refractivity contribution is 0.0124. The summed E-state index contributed by atoms with van der Waals surface area (Å²) < 4.78 is 3.50. The molecule has 3 nitrogen and oxygen atoms in total. The quantitative estimate of drug-likeness (QED) is 0.474. The molecule has 3 N–H and O–H groups in total. The molecule has 0 aromatic heterocycles. The van der Waals surface area contributed by atoms with E-state index in [9.17, 15) is 5.11 Å². The second-order valence-corrected chi connectivity index (χ2v) is 6.86. The molecule has 0 radical (unpaired) electrons. The molecule has 0 bridgehead atoms. The van der Waals surface area contributed by atoms with Crippen LogP contribution in [0.2, 0.25) is 0 Å². The SMILES string of the molecule is CCCNCCSNC1C(O)CC(CC)C(C)C1C. The van der Waals surface area contributed by atoms with Gasteiger partial charge in [-0.05, 0) is 37.1 Å². The first-order valence-electron chi connectivity index (χ1n) is 7.87. The van der Waals surface area contributed by atoms with E-state index in [4.69, 9.17) is 0 Å². The predicted molar refractivity (Wildman–Crippen MR) is 85.3 cm³/mol. The van der Waals surface area contributed by atoms with Gasteiger partial charge in [0.2, 0.25) is 0 Å². The molecule has 0 aliphatic heterocycles. The van der Waals surface area contributed by atoms with Crippen LogP contribution in [0.4, 0.5) is 0 Å². The molecule has 1 aliphatic rings. The van der Waals surface area contributed by atoms with Crippen LogP contribution in [0.3, 0.4) is 0 Å². The summed E-state index contributed by atoms with van der Waals surface area (Å²) in [6.07, 6.45) is 3.14. The molecule has 19 heavy (non-hydrogen) atoms. The Hall–Kier alpha value is 0.230. The molecule has 0 amide bonds. The van der Waals surface area contributed by atoms with Gasteiger partial charge in [-0.3, -0.25) is 4.72 Å². The molecule has 5 atom stereocenters. The van der Waals surface area contributed by atoms with Gasteiger partial charge in [-0.15, -0.1) is 0 Å². The predicted octanol–water partition coefficient (Wildman–Crippen LogP) is 2.66. The van der Waals surface area contributed by atoms with Crippen molar-refractivity contribution in [1.29, 1.82) is 0 Å². The number of hydrogen-bond acceptors (Lipinski definition) is 4. The molecule has 114 valence electrons. The van der Waals surface area contributed by atoms with Crippen molar-refractivity contribution in [3.8, 4) is 0 Å². The van der Waals surface area contributed by atoms with Crippen molar-refractivity contribution in [2.24, 2.45) is 17.8 Å². The number of aliphatic hydroxyl groups is 1. The third-order valence-corrected chi connectivity index (χ3v) is 5.50. The van der Waals surface area contributed by atoms with Crippen molar-refractivity contribution in [1.82, 2.24) is 10.0 Å². The normalized spacial score (nSPS) is 35.5. The van der Waals surface area contributed by atoms with Crippen molar-refractivity contribution in [2.75, 3.05) is 18.8 Å². The first-order valence-corrected chi connectivity index (χ1v) is 8.86. The van der Waals surface area contributed by atoms with Gasteiger partial charge in [-0.2, -0.15) is 0 Å². The monoisotopic (exact) mass is 288 g/mol. The summed E-state index contributed by atoms with van der Waals surface area (Å²) in [6.45, 7) is 11.2. The first kappa shape index (κ1) is 17.3. The molecular weight excluding hydrogens is 256 g/mol. The van der Waals surface area contributed by atoms with Gasteiger partial charge in [0.15, 0.2) is 0 Å². The minimum absolute atomic E-state index is 0.188. The lowest BCUT2D eigenvalue weighted by atomic mass is 9.69. The van der Waals surface area contributed by atoms with Crippen LogP contribution in [-0.2, 0) is 0 Å². The van der Waals surface area contributed by atoms with Crippen molar-refractivity contribution >= 4 is 11.9 Å². The Bertz CT molecular complexity index is 240. The maximum atomic E-state index is 10.3. The van der Waals surface area contributed by atoms with E-state index in [2.05, 4.69) is 37.7 Å². The van der Waals surface area contributed by atoms with Crippen LogP contribution in [0.25, 0.3) is 0 Å².